The van der Waals surface area contributed by atoms with Crippen LogP contribution in [0.4, 0.5) is 0 Å². The van der Waals surface area contributed by atoms with E-state index < -0.39 is 5.97 Å². The standard InChI is InChI=1S/C15H14ClN3O3/c16-10-3-1-9(2-4-10)7-13(20)19-6-5-11-12(8-19)17-18-14(11)15(21)22/h1-4H,5-8H2,(H,17,18)(H,21,22). The van der Waals surface area contributed by atoms with Gasteiger partial charge in [0.1, 0.15) is 0 Å². The van der Waals surface area contributed by atoms with Crippen molar-refractivity contribution in [3.05, 3.63) is 51.8 Å². The van der Waals surface area contributed by atoms with E-state index in [0.717, 1.165) is 5.56 Å². The van der Waals surface area contributed by atoms with Crippen molar-refractivity contribution in [2.24, 2.45) is 0 Å². The lowest BCUT2D eigenvalue weighted by Gasteiger charge is -2.26. The molecule has 0 fully saturated rings. The van der Waals surface area contributed by atoms with Crippen LogP contribution in [0.25, 0.3) is 0 Å². The number of carbonyl (C=O) groups is 2. The Morgan fingerprint density at radius 1 is 1.32 bits per heavy atom. The Kier molecular flexibility index (Phi) is 3.85. The topological polar surface area (TPSA) is 86.3 Å². The van der Waals surface area contributed by atoms with E-state index in [1.54, 1.807) is 17.0 Å². The summed E-state index contributed by atoms with van der Waals surface area (Å²) in [5, 5.41) is 16.2. The monoisotopic (exact) mass is 319 g/mol. The maximum absolute atomic E-state index is 12.3. The number of hydrogen-bond acceptors (Lipinski definition) is 3. The van der Waals surface area contributed by atoms with Gasteiger partial charge in [-0.25, -0.2) is 4.79 Å². The van der Waals surface area contributed by atoms with Crippen LogP contribution in [0.15, 0.2) is 24.3 Å². The zero-order valence-electron chi connectivity index (χ0n) is 11.7. The van der Waals surface area contributed by atoms with E-state index in [2.05, 4.69) is 10.2 Å². The number of nitrogens with one attached hydrogen (secondary N) is 1. The smallest absolute Gasteiger partial charge is 0.356 e. The van der Waals surface area contributed by atoms with Crippen molar-refractivity contribution in [2.75, 3.05) is 6.54 Å². The lowest BCUT2D eigenvalue weighted by atomic mass is 10.0. The highest BCUT2D eigenvalue weighted by molar-refractivity contribution is 6.30. The molecule has 0 saturated carbocycles. The Morgan fingerprint density at radius 3 is 2.73 bits per heavy atom. The fourth-order valence-electron chi connectivity index (χ4n) is 2.60. The average Bonchev–Trinajstić information content (AvgIpc) is 2.92. The number of aromatic carboxylic acids is 1. The number of H-pyrrole nitrogens is 1. The van der Waals surface area contributed by atoms with Gasteiger partial charge in [0, 0.05) is 17.1 Å². The van der Waals surface area contributed by atoms with Gasteiger partial charge in [-0.15, -0.1) is 0 Å². The van der Waals surface area contributed by atoms with Crippen LogP contribution in [-0.2, 0) is 24.2 Å². The third-order valence-electron chi connectivity index (χ3n) is 3.76. The first-order valence-corrected chi connectivity index (χ1v) is 7.24. The van der Waals surface area contributed by atoms with Crippen LogP contribution < -0.4 is 0 Å². The van der Waals surface area contributed by atoms with Gasteiger partial charge in [0.2, 0.25) is 5.91 Å². The van der Waals surface area contributed by atoms with Crippen molar-refractivity contribution < 1.29 is 14.7 Å². The van der Waals surface area contributed by atoms with E-state index in [0.29, 0.717) is 42.2 Å². The maximum atomic E-state index is 12.3. The van der Waals surface area contributed by atoms with Gasteiger partial charge in [0.05, 0.1) is 18.7 Å². The summed E-state index contributed by atoms with van der Waals surface area (Å²) in [6.45, 7) is 0.862. The molecule has 7 heteroatoms. The van der Waals surface area contributed by atoms with Gasteiger partial charge >= 0.3 is 5.97 Å². The van der Waals surface area contributed by atoms with Gasteiger partial charge in [-0.1, -0.05) is 23.7 Å². The molecule has 0 spiro atoms. The molecule has 2 N–H and O–H groups in total. The van der Waals surface area contributed by atoms with Crippen LogP contribution in [0.1, 0.15) is 27.3 Å². The van der Waals surface area contributed by atoms with Crippen molar-refractivity contribution in [3.8, 4) is 0 Å². The molecule has 1 aromatic carbocycles. The predicted octanol–water partition coefficient (Wildman–Crippen LogP) is 1.89. The number of amides is 1. The molecular weight excluding hydrogens is 306 g/mol. The number of aromatic nitrogens is 2. The molecule has 22 heavy (non-hydrogen) atoms. The average molecular weight is 320 g/mol. The minimum absolute atomic E-state index is 0.000512. The van der Waals surface area contributed by atoms with Gasteiger partial charge in [0.15, 0.2) is 5.69 Å². The summed E-state index contributed by atoms with van der Waals surface area (Å²) in [7, 11) is 0. The number of rotatable bonds is 3. The second-order valence-corrected chi connectivity index (χ2v) is 5.64. The van der Waals surface area contributed by atoms with Crippen molar-refractivity contribution >= 4 is 23.5 Å². The number of halogens is 1. The fourth-order valence-corrected chi connectivity index (χ4v) is 2.72. The minimum Gasteiger partial charge on any atom is -0.476 e. The first-order valence-electron chi connectivity index (χ1n) is 6.86. The molecule has 0 bridgehead atoms. The molecule has 0 atom stereocenters. The van der Waals surface area contributed by atoms with E-state index in [9.17, 15) is 9.59 Å². The highest BCUT2D eigenvalue weighted by Gasteiger charge is 2.27. The van der Waals surface area contributed by atoms with Crippen molar-refractivity contribution in [3.63, 3.8) is 0 Å². The number of nitrogens with zero attached hydrogens (tertiary/aromatic N) is 2. The third kappa shape index (κ3) is 2.82. The lowest BCUT2D eigenvalue weighted by Crippen LogP contribution is -2.37. The summed E-state index contributed by atoms with van der Waals surface area (Å²) in [6.07, 6.45) is 0.798. The summed E-state index contributed by atoms with van der Waals surface area (Å²) in [4.78, 5) is 25.1. The Morgan fingerprint density at radius 2 is 2.05 bits per heavy atom. The Balaban J connectivity index is 1.70. The second-order valence-electron chi connectivity index (χ2n) is 5.20. The van der Waals surface area contributed by atoms with Gasteiger partial charge < -0.3 is 10.0 Å². The van der Waals surface area contributed by atoms with Gasteiger partial charge in [-0.05, 0) is 24.1 Å². The normalized spacial score (nSPS) is 13.8. The Hall–Kier alpha value is -2.34. The lowest BCUT2D eigenvalue weighted by molar-refractivity contribution is -0.131. The summed E-state index contributed by atoms with van der Waals surface area (Å²) >= 11 is 5.83. The van der Waals surface area contributed by atoms with Gasteiger partial charge in [-0.3, -0.25) is 9.89 Å². The molecule has 114 valence electrons. The van der Waals surface area contributed by atoms with Crippen LogP contribution in [0, 0.1) is 0 Å². The molecule has 3 rings (SSSR count). The number of hydrogen-bond donors (Lipinski definition) is 2. The quantitative estimate of drug-likeness (QED) is 0.904. The zero-order valence-corrected chi connectivity index (χ0v) is 12.4. The molecule has 1 aliphatic rings. The molecular formula is C15H14ClN3O3. The maximum Gasteiger partial charge on any atom is 0.356 e. The third-order valence-corrected chi connectivity index (χ3v) is 4.01. The highest BCUT2D eigenvalue weighted by atomic mass is 35.5. The first kappa shape index (κ1) is 14.6. The van der Waals surface area contributed by atoms with Crippen molar-refractivity contribution in [2.45, 2.75) is 19.4 Å². The van der Waals surface area contributed by atoms with Gasteiger partial charge in [0.25, 0.3) is 0 Å². The van der Waals surface area contributed by atoms with Crippen LogP contribution in [-0.4, -0.2) is 38.6 Å². The summed E-state index contributed by atoms with van der Waals surface area (Å²) in [5.74, 6) is -1.04. The SMILES string of the molecule is O=C(O)c1n[nH]c2c1CCN(C(=O)Cc1ccc(Cl)cc1)C2. The number of fused-ring (bicyclic) bond motifs is 1. The van der Waals surface area contributed by atoms with Crippen LogP contribution >= 0.6 is 11.6 Å². The van der Waals surface area contributed by atoms with Gasteiger partial charge in [-0.2, -0.15) is 5.10 Å². The molecule has 1 amide bonds. The molecule has 1 aromatic heterocycles. The fraction of sp³-hybridized carbons (Fsp3) is 0.267. The minimum atomic E-state index is -1.04. The molecule has 2 aromatic rings. The van der Waals surface area contributed by atoms with E-state index in [1.165, 1.54) is 0 Å². The van der Waals surface area contributed by atoms with E-state index in [4.69, 9.17) is 16.7 Å². The number of carboxylic acids is 1. The van der Waals surface area contributed by atoms with E-state index in [1.807, 2.05) is 12.1 Å². The Labute approximate surface area is 131 Å². The molecule has 0 radical (unpaired) electrons. The van der Waals surface area contributed by atoms with Crippen LogP contribution in [0.2, 0.25) is 5.02 Å². The van der Waals surface area contributed by atoms with E-state index >= 15 is 0 Å². The van der Waals surface area contributed by atoms with Crippen molar-refractivity contribution in [1.82, 2.24) is 15.1 Å². The molecule has 6 nitrogen and oxygen atoms in total. The van der Waals surface area contributed by atoms with Crippen molar-refractivity contribution in [1.29, 1.82) is 0 Å². The zero-order chi connectivity index (χ0) is 15.7. The molecule has 0 saturated heterocycles. The molecule has 0 unspecified atom stereocenters. The molecule has 2 heterocycles. The Bertz CT molecular complexity index is 724. The summed E-state index contributed by atoms with van der Waals surface area (Å²) in [6, 6.07) is 7.17. The number of aromatic amines is 1. The highest BCUT2D eigenvalue weighted by Crippen LogP contribution is 2.21. The molecule has 1 aliphatic heterocycles. The predicted molar refractivity (Wildman–Crippen MR) is 79.8 cm³/mol. The second kappa shape index (κ2) is 5.81. The number of benzene rings is 1. The number of carbonyl (C=O) groups excluding carboxylic acids is 1. The van der Waals surface area contributed by atoms with Crippen LogP contribution in [0.5, 0.6) is 0 Å². The summed E-state index contributed by atoms with van der Waals surface area (Å²) < 4.78 is 0. The molecule has 0 aliphatic carbocycles. The largest absolute Gasteiger partial charge is 0.476 e. The first-order chi connectivity index (χ1) is 10.5. The van der Waals surface area contributed by atoms with Crippen LogP contribution in [0.3, 0.4) is 0 Å². The number of carboxylic acid groups (broad SMARTS) is 1. The summed E-state index contributed by atoms with van der Waals surface area (Å²) in [5.41, 5.74) is 2.35. The van der Waals surface area contributed by atoms with E-state index in [-0.39, 0.29) is 11.6 Å².